The average molecular weight is 667 g/mol. The van der Waals surface area contributed by atoms with Gasteiger partial charge in [0.1, 0.15) is 12.2 Å². The minimum Gasteiger partial charge on any atom is -0.457 e. The van der Waals surface area contributed by atoms with Crippen molar-refractivity contribution >= 4 is 13.8 Å². The van der Waals surface area contributed by atoms with Crippen molar-refractivity contribution in [3.8, 4) is 0 Å². The summed E-state index contributed by atoms with van der Waals surface area (Å²) in [5.74, 6) is -0.384. The molecule has 0 aliphatic heterocycles. The maximum absolute atomic E-state index is 12.4. The number of esters is 1. The number of aliphatic hydroxyl groups excluding tert-OH is 2. The van der Waals surface area contributed by atoms with Gasteiger partial charge in [0.25, 0.3) is 0 Å². The Morgan fingerprint density at radius 3 is 1.44 bits per heavy atom. The molecule has 10 heteroatoms. The summed E-state index contributed by atoms with van der Waals surface area (Å²) in [6.45, 7) is 3.51. The highest BCUT2D eigenvalue weighted by molar-refractivity contribution is 7.47. The number of hydrogen-bond acceptors (Lipinski definition) is 8. The maximum Gasteiger partial charge on any atom is 0.472 e. The van der Waals surface area contributed by atoms with Gasteiger partial charge in [0, 0.05) is 13.0 Å². The first-order valence-electron chi connectivity index (χ1n) is 18.5. The molecular weight excluding hydrogens is 595 g/mol. The second-order valence-electron chi connectivity index (χ2n) is 12.6. The fraction of sp³-hybridized carbons (Fsp3) is 0.971. The standard InChI is InChI=1S/C35H71O9P/c1-3-5-7-9-11-13-14-15-16-17-18-19-20-22-24-26-28-41-31-34(32-43-45(39,40)42-30-33(37)29-36)44-35(38)27-25-23-21-12-10-8-6-4-2/h33-34,36-37H,3-32H2,1-2H3,(H,39,40)/t33-,34+/m0/s1. The summed E-state index contributed by atoms with van der Waals surface area (Å²) in [7, 11) is -4.50. The lowest BCUT2D eigenvalue weighted by molar-refractivity contribution is -0.154. The van der Waals surface area contributed by atoms with Crippen LogP contribution in [0.4, 0.5) is 0 Å². The van der Waals surface area contributed by atoms with Crippen LogP contribution in [0.25, 0.3) is 0 Å². The highest BCUT2D eigenvalue weighted by Crippen LogP contribution is 2.43. The fourth-order valence-corrected chi connectivity index (χ4v) is 5.97. The van der Waals surface area contributed by atoms with Crippen LogP contribution >= 0.6 is 7.82 Å². The summed E-state index contributed by atoms with van der Waals surface area (Å²) in [4.78, 5) is 22.3. The van der Waals surface area contributed by atoms with Gasteiger partial charge in [-0.15, -0.1) is 0 Å². The zero-order valence-corrected chi connectivity index (χ0v) is 30.0. The van der Waals surface area contributed by atoms with E-state index in [2.05, 4.69) is 13.8 Å². The zero-order valence-electron chi connectivity index (χ0n) is 29.1. The Balaban J connectivity index is 4.12. The van der Waals surface area contributed by atoms with Crippen molar-refractivity contribution in [2.45, 2.75) is 187 Å². The predicted molar refractivity (Wildman–Crippen MR) is 182 cm³/mol. The molecule has 0 aliphatic rings. The number of aliphatic hydroxyl groups is 2. The molecule has 0 bridgehead atoms. The van der Waals surface area contributed by atoms with Gasteiger partial charge in [0.15, 0.2) is 0 Å². The zero-order chi connectivity index (χ0) is 33.3. The van der Waals surface area contributed by atoms with E-state index < -0.39 is 33.2 Å². The molecule has 45 heavy (non-hydrogen) atoms. The SMILES string of the molecule is CCCCCCCCCCCCCCCCCCOC[C@H](COP(=O)(O)OC[C@@H](O)CO)OC(=O)CCCCCCCCCC. The van der Waals surface area contributed by atoms with E-state index in [1.54, 1.807) is 0 Å². The van der Waals surface area contributed by atoms with E-state index in [0.29, 0.717) is 6.61 Å². The van der Waals surface area contributed by atoms with Crippen LogP contribution in [-0.4, -0.2) is 66.3 Å². The molecular formula is C35H71O9P. The van der Waals surface area contributed by atoms with Crippen molar-refractivity contribution in [2.24, 2.45) is 0 Å². The first kappa shape index (κ1) is 44.5. The normalized spacial score (nSPS) is 14.3. The second kappa shape index (κ2) is 33.4. The average Bonchev–Trinajstić information content (AvgIpc) is 3.03. The van der Waals surface area contributed by atoms with E-state index in [1.807, 2.05) is 0 Å². The molecule has 0 aliphatic carbocycles. The van der Waals surface area contributed by atoms with E-state index >= 15 is 0 Å². The third kappa shape index (κ3) is 33.2. The topological polar surface area (TPSA) is 132 Å². The van der Waals surface area contributed by atoms with Crippen LogP contribution in [0.3, 0.4) is 0 Å². The summed E-state index contributed by atoms with van der Waals surface area (Å²) >= 11 is 0. The Morgan fingerprint density at radius 1 is 0.600 bits per heavy atom. The largest absolute Gasteiger partial charge is 0.472 e. The summed E-state index contributed by atoms with van der Waals surface area (Å²) in [6, 6.07) is 0. The van der Waals surface area contributed by atoms with Crippen LogP contribution in [0.5, 0.6) is 0 Å². The molecule has 0 aromatic heterocycles. The Hall–Kier alpha value is -0.540. The monoisotopic (exact) mass is 666 g/mol. The van der Waals surface area contributed by atoms with Crippen molar-refractivity contribution < 1.29 is 43.0 Å². The number of ether oxygens (including phenoxy) is 2. The minimum atomic E-state index is -4.50. The molecule has 0 aromatic carbocycles. The summed E-state index contributed by atoms with van der Waals surface area (Å²) in [5.41, 5.74) is 0. The van der Waals surface area contributed by atoms with Crippen LogP contribution in [0, 0.1) is 0 Å². The van der Waals surface area contributed by atoms with E-state index in [0.717, 1.165) is 32.1 Å². The van der Waals surface area contributed by atoms with E-state index in [9.17, 15) is 19.4 Å². The summed E-state index contributed by atoms with van der Waals surface area (Å²) < 4.78 is 33.1. The van der Waals surface area contributed by atoms with E-state index in [4.69, 9.17) is 23.6 Å². The molecule has 3 atom stereocenters. The van der Waals surface area contributed by atoms with Crippen molar-refractivity contribution in [1.82, 2.24) is 0 Å². The Morgan fingerprint density at radius 2 is 1.00 bits per heavy atom. The van der Waals surface area contributed by atoms with Crippen molar-refractivity contribution in [1.29, 1.82) is 0 Å². The lowest BCUT2D eigenvalue weighted by atomic mass is 10.0. The molecule has 0 spiro atoms. The van der Waals surface area contributed by atoms with Crippen molar-refractivity contribution in [3.05, 3.63) is 0 Å². The molecule has 1 unspecified atom stereocenters. The second-order valence-corrected chi connectivity index (χ2v) is 14.1. The molecule has 3 N–H and O–H groups in total. The van der Waals surface area contributed by atoms with Gasteiger partial charge >= 0.3 is 13.8 Å². The molecule has 9 nitrogen and oxygen atoms in total. The van der Waals surface area contributed by atoms with Gasteiger partial charge in [0.2, 0.25) is 0 Å². The van der Waals surface area contributed by atoms with Gasteiger partial charge in [-0.05, 0) is 12.8 Å². The molecule has 0 radical (unpaired) electrons. The molecule has 0 amide bonds. The quantitative estimate of drug-likeness (QED) is 0.0340. The number of carbonyl (C=O) groups is 1. The highest BCUT2D eigenvalue weighted by Gasteiger charge is 2.26. The van der Waals surface area contributed by atoms with E-state index in [1.165, 1.54) is 122 Å². The van der Waals surface area contributed by atoms with Crippen LogP contribution in [0.1, 0.15) is 174 Å². The van der Waals surface area contributed by atoms with Gasteiger partial charge in [-0.25, -0.2) is 4.57 Å². The lowest BCUT2D eigenvalue weighted by Gasteiger charge is -2.20. The molecule has 0 heterocycles. The van der Waals surface area contributed by atoms with Crippen molar-refractivity contribution in [2.75, 3.05) is 33.0 Å². The molecule has 0 aromatic rings. The third-order valence-electron chi connectivity index (χ3n) is 8.04. The minimum absolute atomic E-state index is 0.0567. The molecule has 0 saturated heterocycles. The number of unbranched alkanes of at least 4 members (excludes halogenated alkanes) is 22. The van der Waals surface area contributed by atoms with Gasteiger partial charge in [-0.2, -0.15) is 0 Å². The van der Waals surface area contributed by atoms with E-state index in [-0.39, 0.29) is 25.6 Å². The summed E-state index contributed by atoms with van der Waals surface area (Å²) in [6.07, 6.45) is 27.8. The Bertz CT molecular complexity index is 680. The fourth-order valence-electron chi connectivity index (χ4n) is 5.18. The number of carbonyl (C=O) groups excluding carboxylic acids is 1. The number of hydrogen-bond donors (Lipinski definition) is 3. The Kier molecular flexibility index (Phi) is 33.0. The van der Waals surface area contributed by atoms with Crippen LogP contribution in [0.15, 0.2) is 0 Å². The van der Waals surface area contributed by atoms with Gasteiger partial charge < -0.3 is 24.6 Å². The number of phosphoric ester groups is 1. The highest BCUT2D eigenvalue weighted by atomic mass is 31.2. The van der Waals surface area contributed by atoms with Crippen LogP contribution in [-0.2, 0) is 27.9 Å². The first-order chi connectivity index (χ1) is 21.8. The van der Waals surface area contributed by atoms with Crippen LogP contribution < -0.4 is 0 Å². The van der Waals surface area contributed by atoms with Gasteiger partial charge in [0.05, 0.1) is 26.4 Å². The molecule has 0 fully saturated rings. The van der Waals surface area contributed by atoms with Gasteiger partial charge in [-0.1, -0.05) is 155 Å². The molecule has 0 saturated carbocycles. The number of phosphoric acid groups is 1. The molecule has 270 valence electrons. The smallest absolute Gasteiger partial charge is 0.457 e. The molecule has 0 rings (SSSR count). The predicted octanol–water partition coefficient (Wildman–Crippen LogP) is 9.19. The maximum atomic E-state index is 12.4. The van der Waals surface area contributed by atoms with Gasteiger partial charge in [-0.3, -0.25) is 13.8 Å². The lowest BCUT2D eigenvalue weighted by Crippen LogP contribution is -2.29. The first-order valence-corrected chi connectivity index (χ1v) is 20.0. The third-order valence-corrected chi connectivity index (χ3v) is 8.99. The summed E-state index contributed by atoms with van der Waals surface area (Å²) in [5, 5.41) is 18.2. The van der Waals surface area contributed by atoms with Crippen molar-refractivity contribution in [3.63, 3.8) is 0 Å². The number of rotatable bonds is 36. The Labute approximate surface area is 276 Å². The van der Waals surface area contributed by atoms with Crippen LogP contribution in [0.2, 0.25) is 0 Å².